The van der Waals surface area contributed by atoms with Gasteiger partial charge in [-0.1, -0.05) is 135 Å². The first-order valence-corrected chi connectivity index (χ1v) is 17.7. The number of nitrogens with one attached hydrogen (secondary N) is 1. The first kappa shape index (κ1) is 30.7. The standard InChI is InChI=1S/C49H38N2/c1-49(2)45-15-9-10-16-47(45)51(42-13-7-4-8-14-42)48-30-25-37(33-46(48)49)36-24-29-44-39(32-36)23-22-38-31-35(21-28-43(38)44)18-17-34-19-26-41(27-20-34)50-40-11-5-3-6-12-40/h3-33,50H,1-2H3/b18-17+. The average molecular weight is 655 g/mol. The van der Waals surface area contributed by atoms with E-state index >= 15 is 0 Å². The van der Waals surface area contributed by atoms with Crippen molar-refractivity contribution in [1.29, 1.82) is 0 Å². The quantitative estimate of drug-likeness (QED) is 0.142. The molecule has 1 aliphatic rings. The third kappa shape index (κ3) is 5.65. The van der Waals surface area contributed by atoms with E-state index in [1.165, 1.54) is 72.0 Å². The van der Waals surface area contributed by atoms with Gasteiger partial charge in [-0.3, -0.25) is 0 Å². The fraction of sp³-hybridized carbons (Fsp3) is 0.0612. The zero-order valence-corrected chi connectivity index (χ0v) is 28.8. The van der Waals surface area contributed by atoms with Crippen LogP contribution in [0.3, 0.4) is 0 Å². The molecular weight excluding hydrogens is 617 g/mol. The summed E-state index contributed by atoms with van der Waals surface area (Å²) in [5.41, 5.74) is 13.2. The fourth-order valence-corrected chi connectivity index (χ4v) is 7.67. The fourth-order valence-electron chi connectivity index (χ4n) is 7.67. The number of anilines is 5. The smallest absolute Gasteiger partial charge is 0.0503 e. The van der Waals surface area contributed by atoms with Crippen LogP contribution in [0.25, 0.3) is 44.8 Å². The summed E-state index contributed by atoms with van der Waals surface area (Å²) >= 11 is 0. The molecule has 9 rings (SSSR count). The summed E-state index contributed by atoms with van der Waals surface area (Å²) < 4.78 is 0. The van der Waals surface area contributed by atoms with Crippen LogP contribution in [-0.2, 0) is 5.41 Å². The molecule has 0 amide bonds. The van der Waals surface area contributed by atoms with Crippen LogP contribution in [0.2, 0.25) is 0 Å². The van der Waals surface area contributed by atoms with Crippen molar-refractivity contribution in [3.05, 3.63) is 198 Å². The van der Waals surface area contributed by atoms with Crippen LogP contribution >= 0.6 is 0 Å². The highest BCUT2D eigenvalue weighted by Crippen LogP contribution is 2.52. The maximum atomic E-state index is 3.45. The molecule has 1 heterocycles. The zero-order chi connectivity index (χ0) is 34.4. The molecule has 0 saturated heterocycles. The predicted octanol–water partition coefficient (Wildman–Crippen LogP) is 13.7. The molecule has 2 heteroatoms. The van der Waals surface area contributed by atoms with E-state index in [2.05, 4.69) is 194 Å². The second-order valence-corrected chi connectivity index (χ2v) is 14.0. The predicted molar refractivity (Wildman–Crippen MR) is 219 cm³/mol. The van der Waals surface area contributed by atoms with Crippen LogP contribution in [-0.4, -0.2) is 0 Å². The SMILES string of the molecule is CC1(C)c2ccccc2N(c2ccccc2)c2ccc(-c3ccc4c(ccc5cc(/C=C/c6ccc(Nc7ccccc7)cc6)ccc54)c3)cc21. The van der Waals surface area contributed by atoms with Gasteiger partial charge < -0.3 is 10.2 Å². The van der Waals surface area contributed by atoms with Gasteiger partial charge in [-0.2, -0.15) is 0 Å². The lowest BCUT2D eigenvalue weighted by atomic mass is 9.73. The summed E-state index contributed by atoms with van der Waals surface area (Å²) in [5, 5.41) is 8.49. The van der Waals surface area contributed by atoms with Crippen LogP contribution in [0.4, 0.5) is 28.4 Å². The lowest BCUT2D eigenvalue weighted by Crippen LogP contribution is -2.30. The topological polar surface area (TPSA) is 15.3 Å². The molecule has 0 bridgehead atoms. The van der Waals surface area contributed by atoms with Crippen molar-refractivity contribution in [2.24, 2.45) is 0 Å². The number of benzene rings is 8. The summed E-state index contributed by atoms with van der Waals surface area (Å²) in [4.78, 5) is 2.41. The lowest BCUT2D eigenvalue weighted by molar-refractivity contribution is 0.632. The molecule has 0 fully saturated rings. The van der Waals surface area contributed by atoms with Crippen LogP contribution in [0.1, 0.15) is 36.1 Å². The molecule has 0 radical (unpaired) electrons. The monoisotopic (exact) mass is 654 g/mol. The Morgan fingerprint density at radius 2 is 1.02 bits per heavy atom. The Kier molecular flexibility index (Phi) is 7.51. The molecule has 0 spiro atoms. The second kappa shape index (κ2) is 12.5. The molecule has 244 valence electrons. The van der Waals surface area contributed by atoms with E-state index in [0.29, 0.717) is 0 Å². The van der Waals surface area contributed by atoms with E-state index < -0.39 is 0 Å². The molecule has 2 nitrogen and oxygen atoms in total. The van der Waals surface area contributed by atoms with Crippen molar-refractivity contribution >= 4 is 62.1 Å². The third-order valence-corrected chi connectivity index (χ3v) is 10.4. The summed E-state index contributed by atoms with van der Waals surface area (Å²) in [6.45, 7) is 4.71. The van der Waals surface area contributed by atoms with E-state index in [9.17, 15) is 0 Å². The van der Waals surface area contributed by atoms with Gasteiger partial charge in [0.25, 0.3) is 0 Å². The number of para-hydroxylation sites is 3. The Hall–Kier alpha value is -6.38. The van der Waals surface area contributed by atoms with Crippen molar-refractivity contribution in [2.75, 3.05) is 10.2 Å². The van der Waals surface area contributed by atoms with Gasteiger partial charge in [0, 0.05) is 22.5 Å². The van der Waals surface area contributed by atoms with Crippen LogP contribution < -0.4 is 10.2 Å². The van der Waals surface area contributed by atoms with E-state index in [4.69, 9.17) is 0 Å². The molecule has 1 N–H and O–H groups in total. The van der Waals surface area contributed by atoms with Crippen molar-refractivity contribution in [2.45, 2.75) is 19.3 Å². The molecular formula is C49H38N2. The second-order valence-electron chi connectivity index (χ2n) is 14.0. The van der Waals surface area contributed by atoms with Gasteiger partial charge in [0.05, 0.1) is 11.4 Å². The van der Waals surface area contributed by atoms with Gasteiger partial charge in [-0.25, -0.2) is 0 Å². The number of rotatable bonds is 6. The summed E-state index contributed by atoms with van der Waals surface area (Å²) in [6, 6.07) is 63.6. The molecule has 51 heavy (non-hydrogen) atoms. The molecule has 8 aromatic rings. The van der Waals surface area contributed by atoms with Gasteiger partial charge >= 0.3 is 0 Å². The summed E-state index contributed by atoms with van der Waals surface area (Å²) in [7, 11) is 0. The molecule has 0 unspecified atom stereocenters. The molecule has 0 atom stereocenters. The normalized spacial score (nSPS) is 13.3. The van der Waals surface area contributed by atoms with Crippen molar-refractivity contribution < 1.29 is 0 Å². The van der Waals surface area contributed by atoms with Gasteiger partial charge in [-0.05, 0) is 122 Å². The van der Waals surface area contributed by atoms with Gasteiger partial charge in [0.2, 0.25) is 0 Å². The van der Waals surface area contributed by atoms with E-state index in [1.54, 1.807) is 0 Å². The van der Waals surface area contributed by atoms with Crippen molar-refractivity contribution in [1.82, 2.24) is 0 Å². The average Bonchev–Trinajstić information content (AvgIpc) is 3.18. The van der Waals surface area contributed by atoms with Gasteiger partial charge in [0.15, 0.2) is 0 Å². The Bertz CT molecular complexity index is 2560. The molecule has 8 aromatic carbocycles. The minimum atomic E-state index is -0.143. The Labute approximate surface area is 300 Å². The molecule has 0 aromatic heterocycles. The maximum Gasteiger partial charge on any atom is 0.0503 e. The van der Waals surface area contributed by atoms with Crippen LogP contribution in [0.5, 0.6) is 0 Å². The minimum Gasteiger partial charge on any atom is -0.356 e. The molecule has 0 aliphatic carbocycles. The summed E-state index contributed by atoms with van der Waals surface area (Å²) in [6.07, 6.45) is 4.37. The van der Waals surface area contributed by atoms with Crippen LogP contribution in [0.15, 0.2) is 176 Å². The highest BCUT2D eigenvalue weighted by Gasteiger charge is 2.36. The van der Waals surface area contributed by atoms with E-state index in [-0.39, 0.29) is 5.41 Å². The van der Waals surface area contributed by atoms with Crippen molar-refractivity contribution in [3.63, 3.8) is 0 Å². The van der Waals surface area contributed by atoms with E-state index in [0.717, 1.165) is 11.4 Å². The number of hydrogen-bond donors (Lipinski definition) is 1. The largest absolute Gasteiger partial charge is 0.356 e. The summed E-state index contributed by atoms with van der Waals surface area (Å²) in [5.74, 6) is 0. The van der Waals surface area contributed by atoms with Gasteiger partial charge in [-0.15, -0.1) is 0 Å². The van der Waals surface area contributed by atoms with Gasteiger partial charge in [0.1, 0.15) is 0 Å². The first-order valence-electron chi connectivity index (χ1n) is 17.7. The third-order valence-electron chi connectivity index (χ3n) is 10.4. The highest BCUT2D eigenvalue weighted by atomic mass is 15.2. The first-order chi connectivity index (χ1) is 25.0. The van der Waals surface area contributed by atoms with E-state index in [1.807, 2.05) is 18.2 Å². The highest BCUT2D eigenvalue weighted by molar-refractivity contribution is 6.09. The maximum absolute atomic E-state index is 3.45. The Morgan fingerprint density at radius 1 is 0.451 bits per heavy atom. The lowest BCUT2D eigenvalue weighted by Gasteiger charge is -2.42. The molecule has 0 saturated carbocycles. The Balaban J connectivity index is 1.01. The molecule has 1 aliphatic heterocycles. The number of fused-ring (bicyclic) bond motifs is 5. The van der Waals surface area contributed by atoms with Crippen LogP contribution in [0, 0.1) is 0 Å². The number of hydrogen-bond acceptors (Lipinski definition) is 2. The minimum absolute atomic E-state index is 0.143. The zero-order valence-electron chi connectivity index (χ0n) is 28.8. The number of nitrogens with zero attached hydrogens (tertiary/aromatic N) is 1. The van der Waals surface area contributed by atoms with Crippen molar-refractivity contribution in [3.8, 4) is 11.1 Å². The Morgan fingerprint density at radius 3 is 1.80 bits per heavy atom.